The van der Waals surface area contributed by atoms with Crippen LogP contribution in [0.2, 0.25) is 0 Å². The molecule has 20 heavy (non-hydrogen) atoms. The average molecular weight is 272 g/mol. The topological polar surface area (TPSA) is 15.3 Å². The lowest BCUT2D eigenvalue weighted by Gasteiger charge is -2.26. The number of fused-ring (bicyclic) bond motifs is 1. The first-order valence-corrected chi connectivity index (χ1v) is 8.40. The van der Waals surface area contributed by atoms with Crippen molar-refractivity contribution in [3.05, 3.63) is 29.8 Å². The Bertz CT molecular complexity index is 423. The average Bonchev–Trinajstić information content (AvgIpc) is 2.80. The van der Waals surface area contributed by atoms with E-state index < -0.39 is 0 Å². The van der Waals surface area contributed by atoms with Crippen molar-refractivity contribution in [2.75, 3.05) is 24.5 Å². The molecule has 0 spiro atoms. The molecule has 110 valence electrons. The molecule has 0 amide bonds. The molecule has 2 aliphatic rings. The largest absolute Gasteiger partial charge is 0.367 e. The van der Waals surface area contributed by atoms with E-state index in [1.807, 2.05) is 0 Å². The maximum atomic E-state index is 3.69. The van der Waals surface area contributed by atoms with Crippen molar-refractivity contribution < 1.29 is 0 Å². The van der Waals surface area contributed by atoms with E-state index >= 15 is 0 Å². The zero-order chi connectivity index (χ0) is 13.8. The summed E-state index contributed by atoms with van der Waals surface area (Å²) in [4.78, 5) is 2.57. The van der Waals surface area contributed by atoms with Crippen molar-refractivity contribution in [2.45, 2.75) is 51.5 Å². The van der Waals surface area contributed by atoms with Gasteiger partial charge in [0.1, 0.15) is 0 Å². The molecule has 2 heteroatoms. The zero-order valence-corrected chi connectivity index (χ0v) is 12.8. The van der Waals surface area contributed by atoms with Crippen LogP contribution in [-0.2, 0) is 6.42 Å². The molecule has 1 aromatic carbocycles. The molecule has 1 unspecified atom stereocenters. The van der Waals surface area contributed by atoms with Gasteiger partial charge in [-0.05, 0) is 50.3 Å². The van der Waals surface area contributed by atoms with Gasteiger partial charge in [-0.25, -0.2) is 0 Å². The number of hydrogen-bond acceptors (Lipinski definition) is 2. The second-order valence-corrected chi connectivity index (χ2v) is 6.58. The number of nitrogens with one attached hydrogen (secondary N) is 1. The summed E-state index contributed by atoms with van der Waals surface area (Å²) in [5.41, 5.74) is 2.98. The van der Waals surface area contributed by atoms with Gasteiger partial charge in [0, 0.05) is 24.8 Å². The van der Waals surface area contributed by atoms with Crippen LogP contribution in [0.25, 0.3) is 0 Å². The van der Waals surface area contributed by atoms with Gasteiger partial charge in [-0.3, -0.25) is 0 Å². The second-order valence-electron chi connectivity index (χ2n) is 6.58. The molecule has 0 radical (unpaired) electrons. The van der Waals surface area contributed by atoms with Crippen molar-refractivity contribution in [2.24, 2.45) is 5.92 Å². The standard InChI is InChI=1S/C18H28N2/c1-15-13-17-9-5-6-10-18(17)20(15)12-11-19-14-16-7-3-2-4-8-16/h5-6,9-10,15-16,19H,2-4,7-8,11-14H2,1H3. The molecule has 1 heterocycles. The Hall–Kier alpha value is -1.02. The molecule has 0 aromatic heterocycles. The van der Waals surface area contributed by atoms with Crippen LogP contribution in [0.15, 0.2) is 24.3 Å². The van der Waals surface area contributed by atoms with Gasteiger partial charge < -0.3 is 10.2 Å². The summed E-state index contributed by atoms with van der Waals surface area (Å²) in [7, 11) is 0. The minimum atomic E-state index is 0.656. The molecule has 0 bridgehead atoms. The van der Waals surface area contributed by atoms with E-state index in [0.717, 1.165) is 19.0 Å². The Morgan fingerprint density at radius 3 is 2.80 bits per heavy atom. The van der Waals surface area contributed by atoms with Gasteiger partial charge in [-0.2, -0.15) is 0 Å². The summed E-state index contributed by atoms with van der Waals surface area (Å²) >= 11 is 0. The summed E-state index contributed by atoms with van der Waals surface area (Å²) in [6.45, 7) is 5.84. The first kappa shape index (κ1) is 13.9. The highest BCUT2D eigenvalue weighted by Gasteiger charge is 2.24. The fourth-order valence-electron chi connectivity index (χ4n) is 3.87. The smallest absolute Gasteiger partial charge is 0.0402 e. The van der Waals surface area contributed by atoms with E-state index in [9.17, 15) is 0 Å². The number of anilines is 1. The SMILES string of the molecule is CC1Cc2ccccc2N1CCNCC1CCCCC1. The Morgan fingerprint density at radius 2 is 1.95 bits per heavy atom. The third-order valence-electron chi connectivity index (χ3n) is 5.04. The number of hydrogen-bond donors (Lipinski definition) is 1. The van der Waals surface area contributed by atoms with Gasteiger partial charge >= 0.3 is 0 Å². The van der Waals surface area contributed by atoms with E-state index in [0.29, 0.717) is 6.04 Å². The number of para-hydroxylation sites is 1. The number of nitrogens with zero attached hydrogens (tertiary/aromatic N) is 1. The predicted octanol–water partition coefficient (Wildman–Crippen LogP) is 3.61. The van der Waals surface area contributed by atoms with Gasteiger partial charge in [0.2, 0.25) is 0 Å². The minimum Gasteiger partial charge on any atom is -0.367 e. The lowest BCUT2D eigenvalue weighted by atomic mass is 9.89. The van der Waals surface area contributed by atoms with Crippen molar-refractivity contribution in [3.63, 3.8) is 0 Å². The van der Waals surface area contributed by atoms with Crippen LogP contribution < -0.4 is 10.2 Å². The molecule has 1 saturated carbocycles. The van der Waals surface area contributed by atoms with Gasteiger partial charge in [0.15, 0.2) is 0 Å². The van der Waals surface area contributed by atoms with Gasteiger partial charge in [-0.1, -0.05) is 37.5 Å². The third kappa shape index (κ3) is 3.17. The summed E-state index contributed by atoms with van der Waals surface area (Å²) in [6, 6.07) is 9.54. The Balaban J connectivity index is 1.44. The van der Waals surface area contributed by atoms with Gasteiger partial charge in [-0.15, -0.1) is 0 Å². The van der Waals surface area contributed by atoms with Crippen LogP contribution in [0.4, 0.5) is 5.69 Å². The van der Waals surface area contributed by atoms with Crippen LogP contribution in [0, 0.1) is 5.92 Å². The van der Waals surface area contributed by atoms with Crippen LogP contribution in [0.1, 0.15) is 44.6 Å². The lowest BCUT2D eigenvalue weighted by molar-refractivity contribution is 0.343. The molecule has 0 saturated heterocycles. The van der Waals surface area contributed by atoms with Crippen molar-refractivity contribution in [3.8, 4) is 0 Å². The molecule has 1 atom stereocenters. The molecule has 1 fully saturated rings. The highest BCUT2D eigenvalue weighted by atomic mass is 15.2. The van der Waals surface area contributed by atoms with Crippen LogP contribution in [-0.4, -0.2) is 25.7 Å². The van der Waals surface area contributed by atoms with E-state index in [2.05, 4.69) is 41.4 Å². The monoisotopic (exact) mass is 272 g/mol. The summed E-state index contributed by atoms with van der Waals surface area (Å²) in [5.74, 6) is 0.937. The molecule has 1 aliphatic heterocycles. The first-order valence-electron chi connectivity index (χ1n) is 8.40. The van der Waals surface area contributed by atoms with Crippen LogP contribution in [0.3, 0.4) is 0 Å². The third-order valence-corrected chi connectivity index (χ3v) is 5.04. The van der Waals surface area contributed by atoms with E-state index in [1.54, 1.807) is 0 Å². The summed E-state index contributed by atoms with van der Waals surface area (Å²) in [6.07, 6.45) is 8.44. The second kappa shape index (κ2) is 6.62. The minimum absolute atomic E-state index is 0.656. The van der Waals surface area contributed by atoms with Gasteiger partial charge in [0.05, 0.1) is 0 Å². The Kier molecular flexibility index (Phi) is 4.62. The maximum Gasteiger partial charge on any atom is 0.0402 e. The first-order chi connectivity index (χ1) is 9.84. The van der Waals surface area contributed by atoms with E-state index in [1.165, 1.54) is 56.3 Å². The van der Waals surface area contributed by atoms with Crippen LogP contribution in [0.5, 0.6) is 0 Å². The maximum absolute atomic E-state index is 3.69. The molecule has 1 aliphatic carbocycles. The molecular weight excluding hydrogens is 244 g/mol. The highest BCUT2D eigenvalue weighted by molar-refractivity contribution is 5.59. The lowest BCUT2D eigenvalue weighted by Crippen LogP contribution is -2.37. The molecule has 2 nitrogen and oxygen atoms in total. The van der Waals surface area contributed by atoms with Crippen LogP contribution >= 0.6 is 0 Å². The fraction of sp³-hybridized carbons (Fsp3) is 0.667. The zero-order valence-electron chi connectivity index (χ0n) is 12.8. The van der Waals surface area contributed by atoms with Crippen molar-refractivity contribution in [1.29, 1.82) is 0 Å². The predicted molar refractivity (Wildman–Crippen MR) is 86.4 cm³/mol. The van der Waals surface area contributed by atoms with Gasteiger partial charge in [0.25, 0.3) is 0 Å². The van der Waals surface area contributed by atoms with E-state index in [4.69, 9.17) is 0 Å². The number of rotatable bonds is 5. The molecular formula is C18H28N2. The van der Waals surface area contributed by atoms with E-state index in [-0.39, 0.29) is 0 Å². The summed E-state index contributed by atoms with van der Waals surface area (Å²) < 4.78 is 0. The quantitative estimate of drug-likeness (QED) is 0.824. The molecule has 1 aromatic rings. The van der Waals surface area contributed by atoms with Crippen molar-refractivity contribution in [1.82, 2.24) is 5.32 Å². The number of benzene rings is 1. The molecule has 1 N–H and O–H groups in total. The normalized spacial score (nSPS) is 23.1. The van der Waals surface area contributed by atoms with Crippen molar-refractivity contribution >= 4 is 5.69 Å². The Labute approximate surface area is 123 Å². The highest BCUT2D eigenvalue weighted by Crippen LogP contribution is 2.31. The fourth-order valence-corrected chi connectivity index (χ4v) is 3.87. The summed E-state index contributed by atoms with van der Waals surface area (Å²) in [5, 5.41) is 3.69. The molecule has 3 rings (SSSR count). The Morgan fingerprint density at radius 1 is 1.15 bits per heavy atom.